The van der Waals surface area contributed by atoms with E-state index in [4.69, 9.17) is 9.47 Å². The summed E-state index contributed by atoms with van der Waals surface area (Å²) in [7, 11) is 1.37. The van der Waals surface area contributed by atoms with E-state index in [-0.39, 0.29) is 18.0 Å². The van der Waals surface area contributed by atoms with E-state index in [1.54, 1.807) is 13.0 Å². The molecule has 0 heterocycles. The lowest BCUT2D eigenvalue weighted by atomic mass is 10.2. The van der Waals surface area contributed by atoms with Crippen LogP contribution in [0.4, 0.5) is 5.69 Å². The van der Waals surface area contributed by atoms with Crippen molar-refractivity contribution in [3.8, 4) is 5.75 Å². The third kappa shape index (κ3) is 3.69. The lowest BCUT2D eigenvalue weighted by Gasteiger charge is -2.10. The topological polar surface area (TPSA) is 81.8 Å². The smallest absolute Gasteiger partial charge is 0.311 e. The van der Waals surface area contributed by atoms with Gasteiger partial charge in [0.2, 0.25) is 0 Å². The maximum absolute atomic E-state index is 10.8. The predicted octanol–water partition coefficient (Wildman–Crippen LogP) is 1.85. The highest BCUT2D eigenvalue weighted by Gasteiger charge is 2.15. The first kappa shape index (κ1) is 13.4. The molecule has 0 amide bonds. The molecular formula is C11H15NO5. The van der Waals surface area contributed by atoms with Gasteiger partial charge < -0.3 is 14.6 Å². The van der Waals surface area contributed by atoms with Crippen LogP contribution in [0.25, 0.3) is 0 Å². The molecule has 0 unspecified atom stereocenters. The van der Waals surface area contributed by atoms with Crippen molar-refractivity contribution in [3.63, 3.8) is 0 Å². The highest BCUT2D eigenvalue weighted by Crippen LogP contribution is 2.27. The Morgan fingerprint density at radius 3 is 2.76 bits per heavy atom. The molecule has 0 bridgehead atoms. The highest BCUT2D eigenvalue weighted by molar-refractivity contribution is 5.48. The largest absolute Gasteiger partial charge is 0.490 e. The molecular weight excluding hydrogens is 226 g/mol. The predicted molar refractivity (Wildman–Crippen MR) is 60.7 cm³/mol. The normalized spacial score (nSPS) is 12.2. The van der Waals surface area contributed by atoms with Crippen LogP contribution in [0, 0.1) is 10.1 Å². The molecule has 0 radical (unpaired) electrons. The summed E-state index contributed by atoms with van der Waals surface area (Å²) in [6.45, 7) is 1.90. The van der Waals surface area contributed by atoms with Crippen LogP contribution in [0.3, 0.4) is 0 Å². The van der Waals surface area contributed by atoms with Gasteiger partial charge in [-0.1, -0.05) is 13.0 Å². The highest BCUT2D eigenvalue weighted by atomic mass is 16.6. The molecule has 1 rings (SSSR count). The molecule has 0 spiro atoms. The van der Waals surface area contributed by atoms with Crippen molar-refractivity contribution >= 4 is 5.69 Å². The first-order valence-electron chi connectivity index (χ1n) is 5.19. The van der Waals surface area contributed by atoms with Crippen LogP contribution < -0.4 is 4.74 Å². The number of aliphatic hydroxyl groups excluding tert-OH is 1. The van der Waals surface area contributed by atoms with Crippen molar-refractivity contribution < 1.29 is 19.5 Å². The molecule has 0 aliphatic rings. The lowest BCUT2D eigenvalue weighted by Crippen LogP contribution is -2.09. The number of nitrogens with zero attached hydrogens (tertiary/aromatic N) is 1. The van der Waals surface area contributed by atoms with E-state index in [2.05, 4.69) is 0 Å². The van der Waals surface area contributed by atoms with Gasteiger partial charge in [-0.25, -0.2) is 0 Å². The molecule has 0 aliphatic heterocycles. The fourth-order valence-electron chi connectivity index (χ4n) is 1.28. The molecule has 0 fully saturated rings. The average Bonchev–Trinajstić information content (AvgIpc) is 2.35. The number of nitro benzene ring substituents is 1. The van der Waals surface area contributed by atoms with E-state index in [9.17, 15) is 15.2 Å². The number of hydrogen-bond acceptors (Lipinski definition) is 5. The van der Waals surface area contributed by atoms with Gasteiger partial charge in [0.05, 0.1) is 18.6 Å². The Morgan fingerprint density at radius 1 is 1.53 bits per heavy atom. The quantitative estimate of drug-likeness (QED) is 0.467. The Balaban J connectivity index is 2.81. The van der Waals surface area contributed by atoms with Crippen LogP contribution in [-0.4, -0.2) is 23.4 Å². The summed E-state index contributed by atoms with van der Waals surface area (Å²) in [4.78, 5) is 10.2. The lowest BCUT2D eigenvalue weighted by molar-refractivity contribution is -0.385. The van der Waals surface area contributed by atoms with Gasteiger partial charge in [0.15, 0.2) is 12.0 Å². The third-order valence-corrected chi connectivity index (χ3v) is 2.23. The minimum atomic E-state index is -0.851. The Morgan fingerprint density at radius 2 is 2.24 bits per heavy atom. The fourth-order valence-corrected chi connectivity index (χ4v) is 1.28. The minimum absolute atomic E-state index is 0.111. The molecule has 17 heavy (non-hydrogen) atoms. The van der Waals surface area contributed by atoms with E-state index >= 15 is 0 Å². The summed E-state index contributed by atoms with van der Waals surface area (Å²) in [6.07, 6.45) is -0.380. The number of methoxy groups -OCH3 is 1. The molecule has 0 aliphatic carbocycles. The number of nitro groups is 1. The van der Waals surface area contributed by atoms with Crippen LogP contribution >= 0.6 is 0 Å². The Hall–Kier alpha value is -1.66. The second-order valence-corrected chi connectivity index (χ2v) is 3.44. The Bertz CT molecular complexity index is 393. The summed E-state index contributed by atoms with van der Waals surface area (Å²) in [5, 5.41) is 20.0. The van der Waals surface area contributed by atoms with Crippen LogP contribution in [0.15, 0.2) is 18.2 Å². The molecule has 1 aromatic rings. The van der Waals surface area contributed by atoms with Crippen LogP contribution in [0.5, 0.6) is 5.75 Å². The SMILES string of the molecule is CC[C@H](O)OCc1ccc(OC)c([N+](=O)[O-])c1. The third-order valence-electron chi connectivity index (χ3n) is 2.23. The second-order valence-electron chi connectivity index (χ2n) is 3.44. The fraction of sp³-hybridized carbons (Fsp3) is 0.455. The van der Waals surface area contributed by atoms with E-state index in [1.165, 1.54) is 19.2 Å². The molecule has 0 saturated heterocycles. The summed E-state index contributed by atoms with van der Waals surface area (Å²) in [6, 6.07) is 4.55. The van der Waals surface area contributed by atoms with Crippen molar-refractivity contribution in [2.24, 2.45) is 0 Å². The van der Waals surface area contributed by atoms with Gasteiger partial charge in [-0.2, -0.15) is 0 Å². The number of hydrogen-bond donors (Lipinski definition) is 1. The zero-order valence-corrected chi connectivity index (χ0v) is 9.75. The standard InChI is InChI=1S/C11H15NO5/c1-3-11(13)17-7-8-4-5-10(16-2)9(6-8)12(14)15/h4-6,11,13H,3,7H2,1-2H3/t11-/m1/s1. The number of ether oxygens (including phenoxy) is 2. The maximum Gasteiger partial charge on any atom is 0.311 e. The van der Waals surface area contributed by atoms with Crippen LogP contribution in [0.1, 0.15) is 18.9 Å². The van der Waals surface area contributed by atoms with Crippen LogP contribution in [-0.2, 0) is 11.3 Å². The van der Waals surface area contributed by atoms with Gasteiger partial charge in [-0.15, -0.1) is 0 Å². The molecule has 1 aromatic carbocycles. The molecule has 6 heteroatoms. The van der Waals surface area contributed by atoms with Gasteiger partial charge in [0.25, 0.3) is 0 Å². The molecule has 94 valence electrons. The summed E-state index contributed by atoms with van der Waals surface area (Å²) in [5.41, 5.74) is 0.504. The van der Waals surface area contributed by atoms with E-state index in [0.29, 0.717) is 12.0 Å². The molecule has 0 saturated carbocycles. The van der Waals surface area contributed by atoms with E-state index < -0.39 is 11.2 Å². The number of benzene rings is 1. The molecule has 0 aromatic heterocycles. The summed E-state index contributed by atoms with van der Waals surface area (Å²) < 4.78 is 9.95. The maximum atomic E-state index is 10.8. The van der Waals surface area contributed by atoms with E-state index in [0.717, 1.165) is 0 Å². The van der Waals surface area contributed by atoms with Gasteiger partial charge in [0.1, 0.15) is 0 Å². The second kappa shape index (κ2) is 6.17. The summed E-state index contributed by atoms with van der Waals surface area (Å²) in [5.74, 6) is 0.204. The zero-order valence-electron chi connectivity index (χ0n) is 9.75. The first-order valence-corrected chi connectivity index (χ1v) is 5.19. The number of aliphatic hydroxyl groups is 1. The van der Waals surface area contributed by atoms with Gasteiger partial charge in [-0.3, -0.25) is 10.1 Å². The van der Waals surface area contributed by atoms with E-state index in [1.807, 2.05) is 0 Å². The zero-order chi connectivity index (χ0) is 12.8. The first-order chi connectivity index (χ1) is 8.08. The van der Waals surface area contributed by atoms with Crippen molar-refractivity contribution in [1.82, 2.24) is 0 Å². The van der Waals surface area contributed by atoms with Crippen molar-refractivity contribution in [2.45, 2.75) is 26.2 Å². The Kier molecular flexibility index (Phi) is 4.86. The number of rotatable bonds is 6. The van der Waals surface area contributed by atoms with Crippen molar-refractivity contribution in [2.75, 3.05) is 7.11 Å². The monoisotopic (exact) mass is 241 g/mol. The van der Waals surface area contributed by atoms with Crippen molar-refractivity contribution in [1.29, 1.82) is 0 Å². The average molecular weight is 241 g/mol. The molecule has 1 atom stereocenters. The van der Waals surface area contributed by atoms with Gasteiger partial charge in [0, 0.05) is 6.07 Å². The minimum Gasteiger partial charge on any atom is -0.490 e. The Labute approximate surface area is 98.9 Å². The van der Waals surface area contributed by atoms with Crippen molar-refractivity contribution in [3.05, 3.63) is 33.9 Å². The summed E-state index contributed by atoms with van der Waals surface area (Å²) >= 11 is 0. The van der Waals surface area contributed by atoms with Gasteiger partial charge in [-0.05, 0) is 18.1 Å². The van der Waals surface area contributed by atoms with Gasteiger partial charge >= 0.3 is 5.69 Å². The molecule has 1 N–H and O–H groups in total. The van der Waals surface area contributed by atoms with Crippen LogP contribution in [0.2, 0.25) is 0 Å². The molecule has 6 nitrogen and oxygen atoms in total.